The lowest BCUT2D eigenvalue weighted by Crippen LogP contribution is -2.31. The molecule has 1 aliphatic heterocycles. The Labute approximate surface area is 165 Å². The summed E-state index contributed by atoms with van der Waals surface area (Å²) >= 11 is 0. The average molecular weight is 396 g/mol. The molecule has 1 aromatic carbocycles. The lowest BCUT2D eigenvalue weighted by molar-refractivity contribution is -0.120. The van der Waals surface area contributed by atoms with Gasteiger partial charge in [0.1, 0.15) is 12.6 Å². The topological polar surface area (TPSA) is 136 Å². The SMILES string of the molecule is CCn1c(NC(=O)Cn2cc(CC3NC(=O)NC3=O)nn2)nc2cc(C)ccc21. The smallest absolute Gasteiger partial charge is 0.322 e. The highest BCUT2D eigenvalue weighted by Crippen LogP contribution is 2.21. The molecular weight excluding hydrogens is 376 g/mol. The van der Waals surface area contributed by atoms with Gasteiger partial charge in [-0.05, 0) is 31.5 Å². The molecule has 3 aromatic rings. The van der Waals surface area contributed by atoms with Gasteiger partial charge in [0.15, 0.2) is 0 Å². The van der Waals surface area contributed by atoms with Crippen LogP contribution in [0.15, 0.2) is 24.4 Å². The summed E-state index contributed by atoms with van der Waals surface area (Å²) in [5.74, 6) is -0.227. The van der Waals surface area contributed by atoms with Crippen molar-refractivity contribution in [3.05, 3.63) is 35.7 Å². The van der Waals surface area contributed by atoms with Crippen molar-refractivity contribution in [3.63, 3.8) is 0 Å². The number of carbonyl (C=O) groups is 3. The van der Waals surface area contributed by atoms with Crippen LogP contribution >= 0.6 is 0 Å². The first-order valence-electron chi connectivity index (χ1n) is 9.20. The minimum absolute atomic E-state index is 0.0534. The molecular formula is C18H20N8O3. The van der Waals surface area contributed by atoms with Gasteiger partial charge in [-0.1, -0.05) is 11.3 Å². The number of fused-ring (bicyclic) bond motifs is 1. The van der Waals surface area contributed by atoms with Gasteiger partial charge in [-0.2, -0.15) is 0 Å². The molecule has 0 spiro atoms. The van der Waals surface area contributed by atoms with Crippen molar-refractivity contribution in [2.75, 3.05) is 5.32 Å². The third-order valence-corrected chi connectivity index (χ3v) is 4.63. The summed E-state index contributed by atoms with van der Waals surface area (Å²) in [7, 11) is 0. The number of nitrogens with zero attached hydrogens (tertiary/aromatic N) is 5. The second-order valence-electron chi connectivity index (χ2n) is 6.85. The Hall–Kier alpha value is -3.76. The van der Waals surface area contributed by atoms with E-state index < -0.39 is 18.0 Å². The van der Waals surface area contributed by atoms with Crippen molar-refractivity contribution >= 4 is 34.8 Å². The number of benzene rings is 1. The molecule has 1 aliphatic rings. The van der Waals surface area contributed by atoms with Crippen LogP contribution in [0.2, 0.25) is 0 Å². The number of urea groups is 1. The average Bonchev–Trinajstić information content (AvgIpc) is 3.32. The number of aryl methyl sites for hydroxylation is 2. The Bertz CT molecular complexity index is 1120. The summed E-state index contributed by atoms with van der Waals surface area (Å²) in [5.41, 5.74) is 3.37. The molecule has 0 aliphatic carbocycles. The maximum absolute atomic E-state index is 12.5. The quantitative estimate of drug-likeness (QED) is 0.514. The Kier molecular flexibility index (Phi) is 4.71. The van der Waals surface area contributed by atoms with Gasteiger partial charge in [0.2, 0.25) is 11.9 Å². The second kappa shape index (κ2) is 7.34. The number of anilines is 1. The molecule has 0 bridgehead atoms. The summed E-state index contributed by atoms with van der Waals surface area (Å²) in [6, 6.07) is 4.75. The predicted molar refractivity (Wildman–Crippen MR) is 103 cm³/mol. The third kappa shape index (κ3) is 3.79. The van der Waals surface area contributed by atoms with Crippen molar-refractivity contribution in [1.29, 1.82) is 0 Å². The first-order valence-corrected chi connectivity index (χ1v) is 9.20. The summed E-state index contributed by atoms with van der Waals surface area (Å²) in [4.78, 5) is 39.8. The van der Waals surface area contributed by atoms with Crippen LogP contribution in [0.1, 0.15) is 18.2 Å². The van der Waals surface area contributed by atoms with E-state index in [0.29, 0.717) is 18.2 Å². The fourth-order valence-corrected chi connectivity index (χ4v) is 3.29. The van der Waals surface area contributed by atoms with E-state index in [2.05, 4.69) is 31.2 Å². The molecule has 11 heteroatoms. The van der Waals surface area contributed by atoms with Crippen molar-refractivity contribution < 1.29 is 14.4 Å². The second-order valence-corrected chi connectivity index (χ2v) is 6.85. The van der Waals surface area contributed by atoms with Crippen LogP contribution in [0.4, 0.5) is 10.7 Å². The van der Waals surface area contributed by atoms with E-state index in [1.165, 1.54) is 4.68 Å². The number of nitrogens with one attached hydrogen (secondary N) is 3. The first-order chi connectivity index (χ1) is 13.9. The first kappa shape index (κ1) is 18.6. The van der Waals surface area contributed by atoms with Crippen molar-refractivity contribution in [2.24, 2.45) is 0 Å². The number of imide groups is 1. The molecule has 4 rings (SSSR count). The maximum Gasteiger partial charge on any atom is 0.322 e. The van der Waals surface area contributed by atoms with Gasteiger partial charge in [-0.15, -0.1) is 5.10 Å². The molecule has 0 radical (unpaired) electrons. The van der Waals surface area contributed by atoms with Gasteiger partial charge in [0, 0.05) is 19.2 Å². The highest BCUT2D eigenvalue weighted by atomic mass is 16.2. The van der Waals surface area contributed by atoms with Gasteiger partial charge in [0.25, 0.3) is 5.91 Å². The molecule has 0 saturated carbocycles. The Balaban J connectivity index is 1.43. The monoisotopic (exact) mass is 396 g/mol. The highest BCUT2D eigenvalue weighted by Gasteiger charge is 2.30. The number of rotatable bonds is 6. The van der Waals surface area contributed by atoms with Crippen LogP contribution < -0.4 is 16.0 Å². The van der Waals surface area contributed by atoms with E-state index in [1.807, 2.05) is 36.6 Å². The largest absolute Gasteiger partial charge is 0.326 e. The maximum atomic E-state index is 12.5. The van der Waals surface area contributed by atoms with Gasteiger partial charge < -0.3 is 9.88 Å². The fraction of sp³-hybridized carbons (Fsp3) is 0.333. The molecule has 2 aromatic heterocycles. The summed E-state index contributed by atoms with van der Waals surface area (Å²) < 4.78 is 3.31. The molecule has 1 saturated heterocycles. The van der Waals surface area contributed by atoms with Crippen LogP contribution in [-0.4, -0.2) is 48.4 Å². The van der Waals surface area contributed by atoms with Gasteiger partial charge in [-0.25, -0.2) is 14.5 Å². The molecule has 4 amide bonds. The van der Waals surface area contributed by atoms with Crippen molar-refractivity contribution in [2.45, 2.75) is 39.4 Å². The zero-order valence-corrected chi connectivity index (χ0v) is 16.0. The van der Waals surface area contributed by atoms with E-state index in [4.69, 9.17) is 0 Å². The molecule has 29 heavy (non-hydrogen) atoms. The van der Waals surface area contributed by atoms with Gasteiger partial charge >= 0.3 is 6.03 Å². The lowest BCUT2D eigenvalue weighted by atomic mass is 10.2. The number of aromatic nitrogens is 5. The molecule has 1 unspecified atom stereocenters. The number of hydrogen-bond acceptors (Lipinski definition) is 6. The Morgan fingerprint density at radius 1 is 1.31 bits per heavy atom. The molecule has 1 atom stereocenters. The van der Waals surface area contributed by atoms with E-state index in [1.54, 1.807) is 6.20 Å². The Morgan fingerprint density at radius 2 is 2.14 bits per heavy atom. The number of imidazole rings is 1. The van der Waals surface area contributed by atoms with E-state index in [9.17, 15) is 14.4 Å². The van der Waals surface area contributed by atoms with Crippen molar-refractivity contribution in [3.8, 4) is 0 Å². The zero-order chi connectivity index (χ0) is 20.5. The molecule has 3 N–H and O–H groups in total. The standard InChI is InChI=1S/C18H20N8O3/c1-3-26-14-5-4-10(2)6-12(14)19-17(26)21-15(27)9-25-8-11(23-24-25)7-13-16(28)22-18(29)20-13/h4-6,8,13H,3,7,9H2,1-2H3,(H,19,21,27)(H2,20,22,28,29). The zero-order valence-electron chi connectivity index (χ0n) is 16.0. The predicted octanol–water partition coefficient (Wildman–Crippen LogP) is 0.345. The van der Waals surface area contributed by atoms with E-state index in [-0.39, 0.29) is 18.9 Å². The summed E-state index contributed by atoms with van der Waals surface area (Å²) in [5, 5.41) is 15.3. The van der Waals surface area contributed by atoms with Crippen LogP contribution in [0.25, 0.3) is 11.0 Å². The normalized spacial score (nSPS) is 16.1. The van der Waals surface area contributed by atoms with Crippen molar-refractivity contribution in [1.82, 2.24) is 35.2 Å². The third-order valence-electron chi connectivity index (χ3n) is 4.63. The van der Waals surface area contributed by atoms with E-state index >= 15 is 0 Å². The molecule has 3 heterocycles. The van der Waals surface area contributed by atoms with Crippen LogP contribution in [0.5, 0.6) is 0 Å². The highest BCUT2D eigenvalue weighted by molar-refractivity contribution is 6.04. The number of carbonyl (C=O) groups excluding carboxylic acids is 3. The lowest BCUT2D eigenvalue weighted by Gasteiger charge is -2.07. The van der Waals surface area contributed by atoms with Crippen LogP contribution in [-0.2, 0) is 29.1 Å². The van der Waals surface area contributed by atoms with Crippen LogP contribution in [0.3, 0.4) is 0 Å². The Morgan fingerprint density at radius 3 is 2.86 bits per heavy atom. The fourth-order valence-electron chi connectivity index (χ4n) is 3.29. The summed E-state index contributed by atoms with van der Waals surface area (Å²) in [6.45, 7) is 4.59. The van der Waals surface area contributed by atoms with Crippen LogP contribution in [0, 0.1) is 6.92 Å². The summed E-state index contributed by atoms with van der Waals surface area (Å²) in [6.07, 6.45) is 1.77. The van der Waals surface area contributed by atoms with Gasteiger partial charge in [-0.3, -0.25) is 20.2 Å². The van der Waals surface area contributed by atoms with E-state index in [0.717, 1.165) is 16.6 Å². The molecule has 11 nitrogen and oxygen atoms in total. The number of hydrogen-bond donors (Lipinski definition) is 3. The molecule has 1 fully saturated rings. The van der Waals surface area contributed by atoms with Gasteiger partial charge in [0.05, 0.1) is 16.7 Å². The minimum Gasteiger partial charge on any atom is -0.326 e. The molecule has 150 valence electrons. The minimum atomic E-state index is -0.686. The number of amides is 4.